The summed E-state index contributed by atoms with van der Waals surface area (Å²) < 4.78 is 2.33. The van der Waals surface area contributed by atoms with E-state index in [0.717, 1.165) is 43.8 Å². The van der Waals surface area contributed by atoms with E-state index in [2.05, 4.69) is 158 Å². The van der Waals surface area contributed by atoms with Gasteiger partial charge >= 0.3 is 0 Å². The summed E-state index contributed by atoms with van der Waals surface area (Å²) in [4.78, 5) is 10.7. The number of rotatable bonds is 4. The topological polar surface area (TPSA) is 25.8 Å². The van der Waals surface area contributed by atoms with E-state index < -0.39 is 0 Å². The van der Waals surface area contributed by atoms with Crippen molar-refractivity contribution in [3.05, 3.63) is 158 Å². The molecule has 2 nitrogen and oxygen atoms in total. The quantitative estimate of drug-likeness (QED) is 0.204. The first-order chi connectivity index (χ1) is 22.3. The van der Waals surface area contributed by atoms with Crippen LogP contribution in [-0.2, 0) is 0 Å². The van der Waals surface area contributed by atoms with Gasteiger partial charge in [-0.3, -0.25) is 0 Å². The van der Waals surface area contributed by atoms with Gasteiger partial charge in [0.15, 0.2) is 5.82 Å². The van der Waals surface area contributed by atoms with E-state index >= 15 is 0 Å². The van der Waals surface area contributed by atoms with E-state index in [-0.39, 0.29) is 0 Å². The van der Waals surface area contributed by atoms with Crippen LogP contribution in [-0.4, -0.2) is 9.97 Å². The molecule has 0 saturated carbocycles. The Kier molecular flexibility index (Phi) is 6.03. The Hall–Kier alpha value is -5.64. The SMILES string of the molecule is c1ccc(-c2cccc(-c3cccc(-c4nc(-c5cccc6ccccc56)nc5c4sc4cc6ccccc6cc45)c3)c2)cc1. The van der Waals surface area contributed by atoms with Crippen molar-refractivity contribution in [3.63, 3.8) is 0 Å². The van der Waals surface area contributed by atoms with Crippen LogP contribution in [0.3, 0.4) is 0 Å². The molecular weight excluding hydrogens is 565 g/mol. The van der Waals surface area contributed by atoms with Gasteiger partial charge in [-0.25, -0.2) is 9.97 Å². The molecule has 0 fully saturated rings. The summed E-state index contributed by atoms with van der Waals surface area (Å²) in [6, 6.07) is 56.1. The van der Waals surface area contributed by atoms with E-state index in [9.17, 15) is 0 Å². The van der Waals surface area contributed by atoms with E-state index in [1.807, 2.05) is 0 Å². The number of hydrogen-bond acceptors (Lipinski definition) is 3. The molecule has 2 heterocycles. The lowest BCUT2D eigenvalue weighted by Gasteiger charge is -2.11. The summed E-state index contributed by atoms with van der Waals surface area (Å²) in [7, 11) is 0. The Bertz CT molecular complexity index is 2540. The molecule has 0 amide bonds. The Morgan fingerprint density at radius 2 is 0.978 bits per heavy atom. The Labute approximate surface area is 264 Å². The molecule has 0 radical (unpaired) electrons. The summed E-state index contributed by atoms with van der Waals surface area (Å²) in [5, 5.41) is 5.96. The Balaban J connectivity index is 1.29. The van der Waals surface area contributed by atoms with Gasteiger partial charge in [0.2, 0.25) is 0 Å². The first-order valence-corrected chi connectivity index (χ1v) is 16.0. The average molecular weight is 591 g/mol. The van der Waals surface area contributed by atoms with Crippen molar-refractivity contribution in [2.45, 2.75) is 0 Å². The highest BCUT2D eigenvalue weighted by atomic mass is 32.1. The molecule has 0 N–H and O–H groups in total. The van der Waals surface area contributed by atoms with Crippen LogP contribution in [0.15, 0.2) is 158 Å². The summed E-state index contributed by atoms with van der Waals surface area (Å²) in [5.41, 5.74) is 8.87. The van der Waals surface area contributed by atoms with Crippen molar-refractivity contribution in [1.82, 2.24) is 9.97 Å². The molecule has 0 aliphatic carbocycles. The minimum absolute atomic E-state index is 0.749. The lowest BCUT2D eigenvalue weighted by molar-refractivity contribution is 1.24. The second-order valence-corrected chi connectivity index (χ2v) is 12.5. The predicted octanol–water partition coefficient (Wildman–Crippen LogP) is 11.8. The molecule has 7 aromatic carbocycles. The maximum Gasteiger partial charge on any atom is 0.161 e. The molecule has 0 aliphatic heterocycles. The molecular formula is C42H26N2S. The first-order valence-electron chi connectivity index (χ1n) is 15.2. The van der Waals surface area contributed by atoms with Gasteiger partial charge < -0.3 is 0 Å². The second kappa shape index (κ2) is 10.5. The van der Waals surface area contributed by atoms with Crippen LogP contribution in [0.2, 0.25) is 0 Å². The van der Waals surface area contributed by atoms with E-state index in [4.69, 9.17) is 9.97 Å². The molecule has 210 valence electrons. The third-order valence-corrected chi connectivity index (χ3v) is 9.80. The maximum atomic E-state index is 5.36. The van der Waals surface area contributed by atoms with Gasteiger partial charge in [0.1, 0.15) is 0 Å². The van der Waals surface area contributed by atoms with Crippen molar-refractivity contribution in [2.24, 2.45) is 0 Å². The zero-order valence-electron chi connectivity index (χ0n) is 24.3. The lowest BCUT2D eigenvalue weighted by Crippen LogP contribution is -1.94. The molecule has 0 saturated heterocycles. The highest BCUT2D eigenvalue weighted by Crippen LogP contribution is 2.42. The van der Waals surface area contributed by atoms with Crippen molar-refractivity contribution in [1.29, 1.82) is 0 Å². The van der Waals surface area contributed by atoms with Crippen molar-refractivity contribution in [3.8, 4) is 44.9 Å². The number of hydrogen-bond donors (Lipinski definition) is 0. The van der Waals surface area contributed by atoms with Crippen LogP contribution >= 0.6 is 11.3 Å². The van der Waals surface area contributed by atoms with Crippen molar-refractivity contribution < 1.29 is 0 Å². The molecule has 0 unspecified atom stereocenters. The van der Waals surface area contributed by atoms with Gasteiger partial charge in [0, 0.05) is 21.2 Å². The monoisotopic (exact) mass is 590 g/mol. The Morgan fingerprint density at radius 1 is 0.400 bits per heavy atom. The van der Waals surface area contributed by atoms with Crippen LogP contribution in [0, 0.1) is 0 Å². The zero-order chi connectivity index (χ0) is 29.7. The predicted molar refractivity (Wildman–Crippen MR) is 192 cm³/mol. The van der Waals surface area contributed by atoms with Crippen LogP contribution in [0.5, 0.6) is 0 Å². The number of nitrogens with zero attached hydrogens (tertiary/aromatic N) is 2. The van der Waals surface area contributed by atoms with Gasteiger partial charge in [-0.15, -0.1) is 11.3 Å². The smallest absolute Gasteiger partial charge is 0.161 e. The maximum absolute atomic E-state index is 5.36. The number of thiophene rings is 1. The average Bonchev–Trinajstić information content (AvgIpc) is 3.47. The minimum Gasteiger partial charge on any atom is -0.226 e. The molecule has 0 aliphatic rings. The van der Waals surface area contributed by atoms with Gasteiger partial charge in [0.25, 0.3) is 0 Å². The minimum atomic E-state index is 0.749. The molecule has 3 heteroatoms. The fourth-order valence-corrected chi connectivity index (χ4v) is 7.60. The van der Waals surface area contributed by atoms with Gasteiger partial charge in [-0.2, -0.15) is 0 Å². The summed E-state index contributed by atoms with van der Waals surface area (Å²) in [6.45, 7) is 0. The van der Waals surface area contributed by atoms with Crippen LogP contribution in [0.25, 0.3) is 86.7 Å². The number of fused-ring (bicyclic) bond motifs is 5. The fourth-order valence-electron chi connectivity index (χ4n) is 6.42. The van der Waals surface area contributed by atoms with E-state index in [1.54, 1.807) is 11.3 Å². The first kappa shape index (κ1) is 25.8. The van der Waals surface area contributed by atoms with E-state index in [0.29, 0.717) is 0 Å². The molecule has 0 atom stereocenters. The fraction of sp³-hybridized carbons (Fsp3) is 0. The normalized spacial score (nSPS) is 11.6. The molecule has 9 rings (SSSR count). The van der Waals surface area contributed by atoms with Crippen LogP contribution in [0.1, 0.15) is 0 Å². The molecule has 9 aromatic rings. The summed E-state index contributed by atoms with van der Waals surface area (Å²) in [6.07, 6.45) is 0. The highest BCUT2D eigenvalue weighted by molar-refractivity contribution is 7.26. The number of aromatic nitrogens is 2. The largest absolute Gasteiger partial charge is 0.226 e. The van der Waals surface area contributed by atoms with Gasteiger partial charge in [0.05, 0.1) is 15.9 Å². The van der Waals surface area contributed by atoms with Crippen LogP contribution < -0.4 is 0 Å². The van der Waals surface area contributed by atoms with Gasteiger partial charge in [-0.1, -0.05) is 133 Å². The third kappa shape index (κ3) is 4.48. The Morgan fingerprint density at radius 3 is 1.78 bits per heavy atom. The third-order valence-electron chi connectivity index (χ3n) is 8.65. The van der Waals surface area contributed by atoms with Crippen molar-refractivity contribution in [2.75, 3.05) is 0 Å². The van der Waals surface area contributed by atoms with Gasteiger partial charge in [-0.05, 0) is 68.1 Å². The number of benzene rings is 7. The molecule has 2 aromatic heterocycles. The lowest BCUT2D eigenvalue weighted by atomic mass is 9.97. The van der Waals surface area contributed by atoms with Crippen molar-refractivity contribution >= 4 is 53.2 Å². The standard InChI is InChI=1S/C42H26N2S/c1-2-11-27(12-3-1)29-17-8-18-30(23-29)31-19-9-20-34(24-31)39-41-40(37-25-32-14-4-5-15-33(32)26-38(37)45-41)44-42(43-39)36-22-10-16-28-13-6-7-21-35(28)36/h1-26H. The second-order valence-electron chi connectivity index (χ2n) is 11.4. The van der Waals surface area contributed by atoms with Crippen LogP contribution in [0.4, 0.5) is 0 Å². The molecule has 0 spiro atoms. The summed E-state index contributed by atoms with van der Waals surface area (Å²) >= 11 is 1.78. The molecule has 45 heavy (non-hydrogen) atoms. The summed E-state index contributed by atoms with van der Waals surface area (Å²) in [5.74, 6) is 0.749. The zero-order valence-corrected chi connectivity index (χ0v) is 25.1. The highest BCUT2D eigenvalue weighted by Gasteiger charge is 2.18. The van der Waals surface area contributed by atoms with E-state index in [1.165, 1.54) is 42.9 Å². The molecule has 0 bridgehead atoms.